The Morgan fingerprint density at radius 1 is 1.27 bits per heavy atom. The molecule has 0 unspecified atom stereocenters. The van der Waals surface area contributed by atoms with Crippen LogP contribution in [0.3, 0.4) is 0 Å². The number of hydrogen-bond donors (Lipinski definition) is 0. The van der Waals surface area contributed by atoms with E-state index in [2.05, 4.69) is 20.9 Å². The van der Waals surface area contributed by atoms with Gasteiger partial charge in [0.05, 0.1) is 6.61 Å². The van der Waals surface area contributed by atoms with E-state index in [0.717, 1.165) is 28.4 Å². The van der Waals surface area contributed by atoms with Gasteiger partial charge in [-0.15, -0.1) is 0 Å². The fraction of sp³-hybridized carbons (Fsp3) is 0.400. The highest BCUT2D eigenvalue weighted by Gasteiger charge is 2.24. The van der Waals surface area contributed by atoms with Gasteiger partial charge in [0.2, 0.25) is 5.88 Å². The highest BCUT2D eigenvalue weighted by atomic mass is 79.9. The number of nitrogens with zero attached hydrogens (tertiary/aromatic N) is 2. The minimum Gasteiger partial charge on any atom is -0.477 e. The highest BCUT2D eigenvalue weighted by molar-refractivity contribution is 9.10. The van der Waals surface area contributed by atoms with E-state index in [0.29, 0.717) is 38.1 Å². The molecule has 3 rings (SSSR count). The van der Waals surface area contributed by atoms with Gasteiger partial charge in [0.15, 0.2) is 0 Å². The van der Waals surface area contributed by atoms with Crippen molar-refractivity contribution in [3.63, 3.8) is 0 Å². The quantitative estimate of drug-likeness (QED) is 0.712. The van der Waals surface area contributed by atoms with Crippen molar-refractivity contribution in [2.75, 3.05) is 19.7 Å². The van der Waals surface area contributed by atoms with E-state index in [1.807, 2.05) is 43.3 Å². The Hall–Kier alpha value is -2.08. The van der Waals surface area contributed by atoms with Crippen LogP contribution in [0.5, 0.6) is 5.88 Å². The number of benzene rings is 1. The lowest BCUT2D eigenvalue weighted by atomic mass is 9.98. The topological polar surface area (TPSA) is 51.7 Å². The van der Waals surface area contributed by atoms with Crippen LogP contribution in [-0.4, -0.2) is 35.7 Å². The minimum absolute atomic E-state index is 0.237. The van der Waals surface area contributed by atoms with Crippen molar-refractivity contribution >= 4 is 22.0 Å². The second-order valence-corrected chi connectivity index (χ2v) is 7.47. The van der Waals surface area contributed by atoms with Gasteiger partial charge in [0.1, 0.15) is 6.61 Å². The molecule has 2 aromatic rings. The SMILES string of the molecule is Cc1cc(Br)cnc1OCC1CCN(C(=O)OCc2ccccc2)CC1. The maximum atomic E-state index is 12.2. The summed E-state index contributed by atoms with van der Waals surface area (Å²) < 4.78 is 12.2. The van der Waals surface area contributed by atoms with Gasteiger partial charge in [-0.1, -0.05) is 30.3 Å². The Morgan fingerprint density at radius 2 is 2.00 bits per heavy atom. The molecule has 138 valence electrons. The Bertz CT molecular complexity index is 731. The van der Waals surface area contributed by atoms with Crippen LogP contribution in [0.1, 0.15) is 24.0 Å². The first-order chi connectivity index (χ1) is 12.6. The van der Waals surface area contributed by atoms with E-state index in [1.54, 1.807) is 11.1 Å². The summed E-state index contributed by atoms with van der Waals surface area (Å²) in [7, 11) is 0. The average molecular weight is 419 g/mol. The van der Waals surface area contributed by atoms with Crippen LogP contribution in [0.4, 0.5) is 4.79 Å². The predicted molar refractivity (Wildman–Crippen MR) is 103 cm³/mol. The van der Waals surface area contributed by atoms with Crippen molar-refractivity contribution < 1.29 is 14.3 Å². The zero-order valence-corrected chi connectivity index (χ0v) is 16.4. The summed E-state index contributed by atoms with van der Waals surface area (Å²) in [5.74, 6) is 1.11. The number of aryl methyl sites for hydroxylation is 1. The lowest BCUT2D eigenvalue weighted by Crippen LogP contribution is -2.40. The summed E-state index contributed by atoms with van der Waals surface area (Å²) in [5.41, 5.74) is 2.02. The van der Waals surface area contributed by atoms with Gasteiger partial charge in [-0.05, 0) is 53.2 Å². The second-order valence-electron chi connectivity index (χ2n) is 6.56. The standard InChI is InChI=1S/C20H23BrN2O3/c1-15-11-18(21)12-22-19(15)25-13-17-7-9-23(10-8-17)20(24)26-14-16-5-3-2-4-6-16/h2-6,11-12,17H,7-10,13-14H2,1H3. The van der Waals surface area contributed by atoms with Crippen molar-refractivity contribution in [2.24, 2.45) is 5.92 Å². The van der Waals surface area contributed by atoms with E-state index < -0.39 is 0 Å². The second kappa shape index (κ2) is 9.03. The Balaban J connectivity index is 1.40. The number of halogens is 1. The third kappa shape index (κ3) is 5.21. The van der Waals surface area contributed by atoms with Gasteiger partial charge in [-0.25, -0.2) is 9.78 Å². The normalized spacial score (nSPS) is 14.9. The number of carbonyl (C=O) groups is 1. The molecule has 0 bridgehead atoms. The maximum Gasteiger partial charge on any atom is 0.410 e. The van der Waals surface area contributed by atoms with Crippen molar-refractivity contribution in [3.05, 3.63) is 58.2 Å². The molecule has 0 spiro atoms. The molecule has 26 heavy (non-hydrogen) atoms. The van der Waals surface area contributed by atoms with Crippen LogP contribution < -0.4 is 4.74 Å². The highest BCUT2D eigenvalue weighted by Crippen LogP contribution is 2.22. The van der Waals surface area contributed by atoms with Crippen LogP contribution in [0, 0.1) is 12.8 Å². The predicted octanol–water partition coefficient (Wildman–Crippen LogP) is 4.58. The Labute approximate surface area is 162 Å². The van der Waals surface area contributed by atoms with Crippen LogP contribution in [-0.2, 0) is 11.3 Å². The van der Waals surface area contributed by atoms with E-state index in [-0.39, 0.29) is 6.09 Å². The van der Waals surface area contributed by atoms with Gasteiger partial charge >= 0.3 is 6.09 Å². The fourth-order valence-electron chi connectivity index (χ4n) is 2.97. The van der Waals surface area contributed by atoms with Crippen molar-refractivity contribution in [1.82, 2.24) is 9.88 Å². The fourth-order valence-corrected chi connectivity index (χ4v) is 3.41. The molecule has 2 heterocycles. The first kappa shape index (κ1) is 18.7. The molecular weight excluding hydrogens is 396 g/mol. The van der Waals surface area contributed by atoms with Crippen LogP contribution in [0.25, 0.3) is 0 Å². The van der Waals surface area contributed by atoms with Gasteiger partial charge in [-0.3, -0.25) is 0 Å². The Morgan fingerprint density at radius 3 is 2.69 bits per heavy atom. The summed E-state index contributed by atoms with van der Waals surface area (Å²) in [6, 6.07) is 11.7. The van der Waals surface area contributed by atoms with E-state index in [1.165, 1.54) is 0 Å². The number of ether oxygens (including phenoxy) is 2. The van der Waals surface area contributed by atoms with Gasteiger partial charge in [0.25, 0.3) is 0 Å². The van der Waals surface area contributed by atoms with Gasteiger partial charge < -0.3 is 14.4 Å². The molecule has 1 amide bonds. The number of amides is 1. The van der Waals surface area contributed by atoms with Crippen molar-refractivity contribution in [3.8, 4) is 5.88 Å². The lowest BCUT2D eigenvalue weighted by Gasteiger charge is -2.31. The number of aromatic nitrogens is 1. The molecule has 1 aliphatic heterocycles. The summed E-state index contributed by atoms with van der Waals surface area (Å²) >= 11 is 3.40. The number of piperidine rings is 1. The third-order valence-electron chi connectivity index (χ3n) is 4.53. The molecular formula is C20H23BrN2O3. The summed E-state index contributed by atoms with van der Waals surface area (Å²) in [6.45, 7) is 4.33. The van der Waals surface area contributed by atoms with E-state index in [9.17, 15) is 4.79 Å². The number of likely N-dealkylation sites (tertiary alicyclic amines) is 1. The first-order valence-electron chi connectivity index (χ1n) is 8.82. The summed E-state index contributed by atoms with van der Waals surface area (Å²) in [5, 5.41) is 0. The molecule has 1 aliphatic rings. The smallest absolute Gasteiger partial charge is 0.410 e. The molecule has 1 aromatic heterocycles. The zero-order chi connectivity index (χ0) is 18.4. The minimum atomic E-state index is -0.237. The van der Waals surface area contributed by atoms with Crippen molar-refractivity contribution in [1.29, 1.82) is 0 Å². The Kier molecular flexibility index (Phi) is 6.50. The number of carbonyl (C=O) groups excluding carboxylic acids is 1. The lowest BCUT2D eigenvalue weighted by molar-refractivity contribution is 0.0757. The first-order valence-corrected chi connectivity index (χ1v) is 9.61. The molecule has 1 fully saturated rings. The van der Waals surface area contributed by atoms with Gasteiger partial charge in [0, 0.05) is 29.3 Å². The molecule has 1 aromatic carbocycles. The number of rotatable bonds is 5. The largest absolute Gasteiger partial charge is 0.477 e. The van der Waals surface area contributed by atoms with E-state index in [4.69, 9.17) is 9.47 Å². The average Bonchev–Trinajstić information content (AvgIpc) is 2.67. The molecule has 0 N–H and O–H groups in total. The third-order valence-corrected chi connectivity index (χ3v) is 4.96. The summed E-state index contributed by atoms with van der Waals surface area (Å²) in [6.07, 6.45) is 3.33. The number of hydrogen-bond acceptors (Lipinski definition) is 4. The molecule has 5 nitrogen and oxygen atoms in total. The number of pyridine rings is 1. The van der Waals surface area contributed by atoms with Crippen LogP contribution in [0.15, 0.2) is 47.1 Å². The molecule has 6 heteroatoms. The molecule has 0 saturated carbocycles. The van der Waals surface area contributed by atoms with E-state index >= 15 is 0 Å². The monoisotopic (exact) mass is 418 g/mol. The van der Waals surface area contributed by atoms with Crippen LogP contribution in [0.2, 0.25) is 0 Å². The van der Waals surface area contributed by atoms with Gasteiger partial charge in [-0.2, -0.15) is 0 Å². The summed E-state index contributed by atoms with van der Waals surface area (Å²) in [4.78, 5) is 18.3. The molecule has 1 saturated heterocycles. The maximum absolute atomic E-state index is 12.2. The molecule has 0 atom stereocenters. The molecule has 0 aliphatic carbocycles. The molecule has 0 radical (unpaired) electrons. The zero-order valence-electron chi connectivity index (χ0n) is 14.9. The van der Waals surface area contributed by atoms with Crippen molar-refractivity contribution in [2.45, 2.75) is 26.4 Å². The van der Waals surface area contributed by atoms with Crippen LogP contribution >= 0.6 is 15.9 Å².